The molecule has 1 aromatic carbocycles. The van der Waals surface area contributed by atoms with Crippen LogP contribution in [-0.2, 0) is 19.2 Å². The SMILES string of the molecule is CC(C)C[C@H](NC(=O)c1ccc([N+](=O)[O-])cc1)C(=O)N[C@@H](CC(=O)O)C(=O)N[C@H](C(N)=O)[C@@H](C)O. The summed E-state index contributed by atoms with van der Waals surface area (Å²) in [5.74, 6) is -5.28. The summed E-state index contributed by atoms with van der Waals surface area (Å²) in [6.07, 6.45) is -2.12. The number of carbonyl (C=O) groups is 5. The maximum atomic E-state index is 12.9. The van der Waals surface area contributed by atoms with Crippen LogP contribution in [0.15, 0.2) is 24.3 Å². The highest BCUT2D eigenvalue weighted by atomic mass is 16.6. The number of aliphatic hydroxyl groups is 1. The first-order chi connectivity index (χ1) is 16.2. The van der Waals surface area contributed by atoms with Gasteiger partial charge in [-0.2, -0.15) is 0 Å². The Morgan fingerprint density at radius 1 is 0.971 bits per heavy atom. The molecule has 0 spiro atoms. The van der Waals surface area contributed by atoms with Crippen molar-refractivity contribution >= 4 is 35.3 Å². The molecule has 0 saturated carbocycles. The van der Waals surface area contributed by atoms with Crippen molar-refractivity contribution in [3.05, 3.63) is 39.9 Å². The summed E-state index contributed by atoms with van der Waals surface area (Å²) in [4.78, 5) is 70.9. The van der Waals surface area contributed by atoms with Gasteiger partial charge in [-0.25, -0.2) is 0 Å². The van der Waals surface area contributed by atoms with Crippen molar-refractivity contribution in [1.29, 1.82) is 0 Å². The van der Waals surface area contributed by atoms with E-state index in [1.54, 1.807) is 13.8 Å². The number of carbonyl (C=O) groups excluding carboxylic acids is 4. The van der Waals surface area contributed by atoms with Gasteiger partial charge in [-0.1, -0.05) is 13.8 Å². The van der Waals surface area contributed by atoms with Gasteiger partial charge in [0.15, 0.2) is 0 Å². The van der Waals surface area contributed by atoms with E-state index in [-0.39, 0.29) is 23.6 Å². The molecular weight excluding hydrogens is 466 g/mol. The van der Waals surface area contributed by atoms with E-state index in [0.717, 1.165) is 12.1 Å². The van der Waals surface area contributed by atoms with Gasteiger partial charge in [0.2, 0.25) is 17.7 Å². The van der Waals surface area contributed by atoms with Crippen molar-refractivity contribution in [3.8, 4) is 0 Å². The molecule has 4 amide bonds. The van der Waals surface area contributed by atoms with Crippen molar-refractivity contribution in [2.75, 3.05) is 0 Å². The number of aliphatic hydroxyl groups excluding tert-OH is 1. The standard InChI is InChI=1S/C21H29N5O9/c1-10(2)8-14(23-19(31)12-4-6-13(7-5-12)26(34)35)20(32)24-15(9-16(28)29)21(33)25-17(11(3)27)18(22)30/h4-7,10-11,14-15,17,27H,8-9H2,1-3H3,(H2,22,30)(H,23,31)(H,24,32)(H,25,33)(H,28,29)/t11-,14+,15+,17+/m1/s1. The normalized spacial score (nSPS) is 14.2. The first-order valence-electron chi connectivity index (χ1n) is 10.6. The largest absolute Gasteiger partial charge is 0.481 e. The minimum atomic E-state index is -1.65. The molecule has 192 valence electrons. The molecule has 35 heavy (non-hydrogen) atoms. The van der Waals surface area contributed by atoms with Crippen LogP contribution in [0.4, 0.5) is 5.69 Å². The van der Waals surface area contributed by atoms with E-state index in [1.807, 2.05) is 0 Å². The summed E-state index contributed by atoms with van der Waals surface area (Å²) in [5, 5.41) is 36.4. The van der Waals surface area contributed by atoms with Gasteiger partial charge in [-0.05, 0) is 31.4 Å². The molecule has 0 aliphatic carbocycles. The predicted molar refractivity (Wildman–Crippen MR) is 121 cm³/mol. The van der Waals surface area contributed by atoms with Crippen LogP contribution in [0.3, 0.4) is 0 Å². The van der Waals surface area contributed by atoms with Crippen LogP contribution >= 0.6 is 0 Å². The molecule has 4 atom stereocenters. The summed E-state index contributed by atoms with van der Waals surface area (Å²) in [7, 11) is 0. The fraction of sp³-hybridized carbons (Fsp3) is 0.476. The number of nitrogens with one attached hydrogen (secondary N) is 3. The second-order valence-corrected chi connectivity index (χ2v) is 8.25. The van der Waals surface area contributed by atoms with Crippen LogP contribution in [0.1, 0.15) is 44.0 Å². The van der Waals surface area contributed by atoms with E-state index < -0.39 is 65.2 Å². The summed E-state index contributed by atoms with van der Waals surface area (Å²) in [6, 6.07) is 0.298. The number of carboxylic acids is 1. The van der Waals surface area contributed by atoms with E-state index in [1.165, 1.54) is 19.1 Å². The van der Waals surface area contributed by atoms with E-state index >= 15 is 0 Å². The molecule has 7 N–H and O–H groups in total. The lowest BCUT2D eigenvalue weighted by atomic mass is 10.0. The van der Waals surface area contributed by atoms with Gasteiger partial charge in [0.1, 0.15) is 18.1 Å². The molecule has 14 nitrogen and oxygen atoms in total. The van der Waals surface area contributed by atoms with Crippen LogP contribution in [0.25, 0.3) is 0 Å². The van der Waals surface area contributed by atoms with Gasteiger partial charge in [0.25, 0.3) is 11.6 Å². The Labute approximate surface area is 200 Å². The van der Waals surface area contributed by atoms with Gasteiger partial charge in [0, 0.05) is 17.7 Å². The fourth-order valence-corrected chi connectivity index (χ4v) is 3.02. The molecule has 1 rings (SSSR count). The van der Waals surface area contributed by atoms with E-state index in [4.69, 9.17) is 10.8 Å². The molecule has 14 heteroatoms. The Kier molecular flexibility index (Phi) is 10.7. The van der Waals surface area contributed by atoms with E-state index in [2.05, 4.69) is 16.0 Å². The maximum Gasteiger partial charge on any atom is 0.305 e. The third-order valence-corrected chi connectivity index (χ3v) is 4.77. The van der Waals surface area contributed by atoms with Gasteiger partial charge >= 0.3 is 5.97 Å². The third-order valence-electron chi connectivity index (χ3n) is 4.77. The minimum Gasteiger partial charge on any atom is -0.481 e. The summed E-state index contributed by atoms with van der Waals surface area (Å²) < 4.78 is 0. The lowest BCUT2D eigenvalue weighted by Gasteiger charge is -2.25. The van der Waals surface area contributed by atoms with Crippen LogP contribution in [0, 0.1) is 16.0 Å². The van der Waals surface area contributed by atoms with E-state index in [9.17, 15) is 39.2 Å². The lowest BCUT2D eigenvalue weighted by Crippen LogP contribution is -2.58. The lowest BCUT2D eigenvalue weighted by molar-refractivity contribution is -0.384. The van der Waals surface area contributed by atoms with Crippen molar-refractivity contribution < 1.29 is 39.1 Å². The highest BCUT2D eigenvalue weighted by Crippen LogP contribution is 2.13. The number of nitro benzene ring substituents is 1. The van der Waals surface area contributed by atoms with Gasteiger partial charge < -0.3 is 31.9 Å². The molecule has 0 radical (unpaired) electrons. The molecule has 0 bridgehead atoms. The van der Waals surface area contributed by atoms with Crippen molar-refractivity contribution in [3.63, 3.8) is 0 Å². The molecule has 0 aliphatic rings. The first kappa shape index (κ1) is 29.0. The number of nitrogens with two attached hydrogens (primary N) is 1. The number of hydrogen-bond donors (Lipinski definition) is 6. The van der Waals surface area contributed by atoms with Crippen molar-refractivity contribution in [2.45, 2.75) is 57.8 Å². The van der Waals surface area contributed by atoms with Crippen LogP contribution < -0.4 is 21.7 Å². The summed E-state index contributed by atoms with van der Waals surface area (Å²) >= 11 is 0. The monoisotopic (exact) mass is 495 g/mol. The summed E-state index contributed by atoms with van der Waals surface area (Å²) in [6.45, 7) is 4.71. The number of nitro groups is 1. The summed E-state index contributed by atoms with van der Waals surface area (Å²) in [5.41, 5.74) is 4.94. The first-order valence-corrected chi connectivity index (χ1v) is 10.6. The number of benzene rings is 1. The quantitative estimate of drug-likeness (QED) is 0.146. The predicted octanol–water partition coefficient (Wildman–Crippen LogP) is -0.950. The second-order valence-electron chi connectivity index (χ2n) is 8.25. The number of amides is 4. The van der Waals surface area contributed by atoms with Crippen LogP contribution in [-0.4, -0.2) is 69.0 Å². The van der Waals surface area contributed by atoms with Gasteiger partial charge in [0.05, 0.1) is 17.4 Å². The Morgan fingerprint density at radius 3 is 1.94 bits per heavy atom. The van der Waals surface area contributed by atoms with Crippen molar-refractivity contribution in [1.82, 2.24) is 16.0 Å². The molecule has 0 saturated heterocycles. The number of carboxylic acid groups (broad SMARTS) is 1. The highest BCUT2D eigenvalue weighted by Gasteiger charge is 2.32. The Hall–Kier alpha value is -4.07. The smallest absolute Gasteiger partial charge is 0.305 e. The fourth-order valence-electron chi connectivity index (χ4n) is 3.02. The molecule has 0 unspecified atom stereocenters. The minimum absolute atomic E-state index is 0.0400. The maximum absolute atomic E-state index is 12.9. The third kappa shape index (κ3) is 9.37. The molecular formula is C21H29N5O9. The van der Waals surface area contributed by atoms with Crippen molar-refractivity contribution in [2.24, 2.45) is 11.7 Å². The molecule has 1 aromatic rings. The number of non-ortho nitro benzene ring substituents is 1. The zero-order valence-electron chi connectivity index (χ0n) is 19.4. The highest BCUT2D eigenvalue weighted by molar-refractivity contribution is 5.99. The average molecular weight is 495 g/mol. The Bertz CT molecular complexity index is 962. The molecule has 0 aromatic heterocycles. The topological polar surface area (TPSA) is 231 Å². The number of aliphatic carboxylic acids is 1. The molecule has 0 heterocycles. The molecule has 0 fully saturated rings. The zero-order valence-corrected chi connectivity index (χ0v) is 19.4. The second kappa shape index (κ2) is 13.0. The number of primary amides is 1. The molecule has 0 aliphatic heterocycles. The number of nitrogens with zero attached hydrogens (tertiary/aromatic N) is 1. The average Bonchev–Trinajstić information content (AvgIpc) is 2.75. The number of hydrogen-bond acceptors (Lipinski definition) is 8. The van der Waals surface area contributed by atoms with E-state index in [0.29, 0.717) is 0 Å². The Morgan fingerprint density at radius 2 is 1.51 bits per heavy atom. The van der Waals surface area contributed by atoms with Gasteiger partial charge in [-0.15, -0.1) is 0 Å². The zero-order chi connectivity index (χ0) is 26.9. The number of rotatable bonds is 13. The Balaban J connectivity index is 3.06. The van der Waals surface area contributed by atoms with Crippen LogP contribution in [0.2, 0.25) is 0 Å². The van der Waals surface area contributed by atoms with Crippen LogP contribution in [0.5, 0.6) is 0 Å². The van der Waals surface area contributed by atoms with Gasteiger partial charge in [-0.3, -0.25) is 34.1 Å².